The second-order valence-corrected chi connectivity index (χ2v) is 3.44. The molecule has 0 aliphatic carbocycles. The van der Waals surface area contributed by atoms with Gasteiger partial charge in [0.25, 0.3) is 5.91 Å². The fourth-order valence-electron chi connectivity index (χ4n) is 1.46. The lowest BCUT2D eigenvalue weighted by molar-refractivity contribution is -0.124. The first-order chi connectivity index (χ1) is 8.18. The molecular formula is C10H11N3O4. The predicted octanol–water partition coefficient (Wildman–Crippen LogP) is -0.439. The van der Waals surface area contributed by atoms with E-state index < -0.39 is 6.03 Å². The molecule has 0 unspecified atom stereocenters. The number of nitrogens with one attached hydrogen (secondary N) is 2. The van der Waals surface area contributed by atoms with E-state index in [1.807, 2.05) is 0 Å². The smallest absolute Gasteiger partial charge is 0.324 e. The molecule has 7 heteroatoms. The molecule has 17 heavy (non-hydrogen) atoms. The summed E-state index contributed by atoms with van der Waals surface area (Å²) in [5, 5.41) is 4.94. The maximum atomic E-state index is 11.4. The predicted molar refractivity (Wildman–Crippen MR) is 56.2 cm³/mol. The van der Waals surface area contributed by atoms with Crippen molar-refractivity contribution < 1.29 is 18.8 Å². The van der Waals surface area contributed by atoms with Crippen molar-refractivity contribution in [2.75, 3.05) is 19.6 Å². The van der Waals surface area contributed by atoms with E-state index in [4.69, 9.17) is 4.42 Å². The zero-order valence-electron chi connectivity index (χ0n) is 8.93. The lowest BCUT2D eigenvalue weighted by Gasteiger charge is -2.12. The molecule has 1 aromatic heterocycles. The number of furan rings is 1. The van der Waals surface area contributed by atoms with Gasteiger partial charge in [0.1, 0.15) is 0 Å². The molecule has 0 spiro atoms. The van der Waals surface area contributed by atoms with Crippen molar-refractivity contribution in [3.63, 3.8) is 0 Å². The van der Waals surface area contributed by atoms with Gasteiger partial charge in [0.15, 0.2) is 5.76 Å². The van der Waals surface area contributed by atoms with Crippen LogP contribution in [-0.2, 0) is 4.79 Å². The third kappa shape index (κ3) is 2.44. The maximum absolute atomic E-state index is 11.4. The minimum Gasteiger partial charge on any atom is -0.459 e. The van der Waals surface area contributed by atoms with Crippen LogP contribution in [0.15, 0.2) is 22.8 Å². The number of hydrogen-bond donors (Lipinski definition) is 2. The molecular weight excluding hydrogens is 226 g/mol. The van der Waals surface area contributed by atoms with Gasteiger partial charge < -0.3 is 15.1 Å². The summed E-state index contributed by atoms with van der Waals surface area (Å²) < 4.78 is 4.89. The molecule has 0 saturated carbocycles. The third-order valence-corrected chi connectivity index (χ3v) is 2.30. The third-order valence-electron chi connectivity index (χ3n) is 2.30. The summed E-state index contributed by atoms with van der Waals surface area (Å²) in [5.74, 6) is -0.466. The summed E-state index contributed by atoms with van der Waals surface area (Å²) in [6, 6.07) is 2.71. The van der Waals surface area contributed by atoms with E-state index >= 15 is 0 Å². The highest BCUT2D eigenvalue weighted by Gasteiger charge is 2.27. The van der Waals surface area contributed by atoms with Gasteiger partial charge in [0, 0.05) is 13.1 Å². The van der Waals surface area contributed by atoms with Crippen LogP contribution in [0.3, 0.4) is 0 Å². The van der Waals surface area contributed by atoms with Crippen LogP contribution in [0.4, 0.5) is 4.79 Å². The summed E-state index contributed by atoms with van der Waals surface area (Å²) in [6.45, 7) is 0.362. The SMILES string of the molecule is O=C(NCCN1C(=O)CNC1=O)c1ccco1. The molecule has 0 aromatic carbocycles. The number of urea groups is 1. The van der Waals surface area contributed by atoms with E-state index in [0.717, 1.165) is 4.90 Å². The first-order valence-electron chi connectivity index (χ1n) is 5.08. The van der Waals surface area contributed by atoms with Gasteiger partial charge >= 0.3 is 6.03 Å². The average Bonchev–Trinajstić information content (AvgIpc) is 2.93. The molecule has 1 saturated heterocycles. The Morgan fingerprint density at radius 3 is 2.94 bits per heavy atom. The van der Waals surface area contributed by atoms with E-state index in [-0.39, 0.29) is 37.2 Å². The van der Waals surface area contributed by atoms with Crippen molar-refractivity contribution in [3.8, 4) is 0 Å². The topological polar surface area (TPSA) is 91.7 Å². The molecule has 1 aliphatic rings. The quantitative estimate of drug-likeness (QED) is 0.694. The Kier molecular flexibility index (Phi) is 3.08. The number of imide groups is 1. The molecule has 1 fully saturated rings. The maximum Gasteiger partial charge on any atom is 0.324 e. The number of nitrogens with zero attached hydrogens (tertiary/aromatic N) is 1. The second kappa shape index (κ2) is 4.69. The second-order valence-electron chi connectivity index (χ2n) is 3.44. The molecule has 2 heterocycles. The van der Waals surface area contributed by atoms with Crippen molar-refractivity contribution in [2.24, 2.45) is 0 Å². The Balaban J connectivity index is 1.78. The van der Waals surface area contributed by atoms with Gasteiger partial charge in [-0.3, -0.25) is 14.5 Å². The van der Waals surface area contributed by atoms with E-state index in [1.54, 1.807) is 6.07 Å². The lowest BCUT2D eigenvalue weighted by atomic mass is 10.4. The molecule has 0 bridgehead atoms. The van der Waals surface area contributed by atoms with E-state index in [9.17, 15) is 14.4 Å². The van der Waals surface area contributed by atoms with E-state index in [0.29, 0.717) is 0 Å². The number of carbonyl (C=O) groups excluding carboxylic acids is 3. The minimum atomic E-state index is -0.428. The highest BCUT2D eigenvalue weighted by Crippen LogP contribution is 2.00. The van der Waals surface area contributed by atoms with Crippen LogP contribution in [0.2, 0.25) is 0 Å². The summed E-state index contributed by atoms with van der Waals surface area (Å²) in [4.78, 5) is 34.8. The molecule has 2 rings (SSSR count). The van der Waals surface area contributed by atoms with E-state index in [1.165, 1.54) is 12.3 Å². The van der Waals surface area contributed by atoms with Crippen molar-refractivity contribution in [1.82, 2.24) is 15.5 Å². The van der Waals surface area contributed by atoms with Gasteiger partial charge in [0.05, 0.1) is 12.8 Å². The molecule has 4 amide bonds. The van der Waals surface area contributed by atoms with Crippen LogP contribution >= 0.6 is 0 Å². The summed E-state index contributed by atoms with van der Waals surface area (Å²) in [7, 11) is 0. The standard InChI is InChI=1S/C10H11N3O4/c14-8-6-12-10(16)13(8)4-3-11-9(15)7-2-1-5-17-7/h1-2,5H,3-4,6H2,(H,11,15)(H,12,16). The molecule has 90 valence electrons. The zero-order valence-corrected chi connectivity index (χ0v) is 8.93. The Hall–Kier alpha value is -2.31. The Morgan fingerprint density at radius 1 is 1.53 bits per heavy atom. The van der Waals surface area contributed by atoms with Crippen LogP contribution in [0.1, 0.15) is 10.6 Å². The van der Waals surface area contributed by atoms with Crippen LogP contribution in [-0.4, -0.2) is 42.4 Å². The van der Waals surface area contributed by atoms with Crippen LogP contribution in [0.25, 0.3) is 0 Å². The molecule has 1 aromatic rings. The molecule has 0 radical (unpaired) electrons. The molecule has 1 aliphatic heterocycles. The number of hydrogen-bond acceptors (Lipinski definition) is 4. The fraction of sp³-hybridized carbons (Fsp3) is 0.300. The van der Waals surface area contributed by atoms with Crippen molar-refractivity contribution in [1.29, 1.82) is 0 Å². The van der Waals surface area contributed by atoms with Gasteiger partial charge in [-0.25, -0.2) is 4.79 Å². The Morgan fingerprint density at radius 2 is 2.35 bits per heavy atom. The first kappa shape index (κ1) is 11.2. The summed E-state index contributed by atoms with van der Waals surface area (Å²) >= 11 is 0. The Bertz CT molecular complexity index is 424. The average molecular weight is 237 g/mol. The normalized spacial score (nSPS) is 14.9. The lowest BCUT2D eigenvalue weighted by Crippen LogP contribution is -2.38. The van der Waals surface area contributed by atoms with Gasteiger partial charge in [0.2, 0.25) is 5.91 Å². The highest BCUT2D eigenvalue weighted by atomic mass is 16.3. The molecule has 7 nitrogen and oxygen atoms in total. The monoisotopic (exact) mass is 237 g/mol. The van der Waals surface area contributed by atoms with Gasteiger partial charge in [-0.05, 0) is 12.1 Å². The van der Waals surface area contributed by atoms with Crippen molar-refractivity contribution >= 4 is 17.8 Å². The molecule has 2 N–H and O–H groups in total. The fourth-order valence-corrected chi connectivity index (χ4v) is 1.46. The minimum absolute atomic E-state index is 0.0188. The summed E-state index contributed by atoms with van der Waals surface area (Å²) in [5.41, 5.74) is 0. The largest absolute Gasteiger partial charge is 0.459 e. The number of amides is 4. The van der Waals surface area contributed by atoms with Crippen LogP contribution in [0.5, 0.6) is 0 Å². The van der Waals surface area contributed by atoms with Crippen LogP contribution in [0, 0.1) is 0 Å². The first-order valence-corrected chi connectivity index (χ1v) is 5.08. The van der Waals surface area contributed by atoms with Crippen molar-refractivity contribution in [3.05, 3.63) is 24.2 Å². The Labute approximate surface area is 96.8 Å². The van der Waals surface area contributed by atoms with E-state index in [2.05, 4.69) is 10.6 Å². The molecule has 0 atom stereocenters. The van der Waals surface area contributed by atoms with Gasteiger partial charge in [-0.15, -0.1) is 0 Å². The number of rotatable bonds is 4. The van der Waals surface area contributed by atoms with Crippen LogP contribution < -0.4 is 10.6 Å². The highest BCUT2D eigenvalue weighted by molar-refractivity contribution is 6.02. The summed E-state index contributed by atoms with van der Waals surface area (Å²) in [6.07, 6.45) is 1.40. The van der Waals surface area contributed by atoms with Gasteiger partial charge in [-0.2, -0.15) is 0 Å². The number of carbonyl (C=O) groups is 3. The van der Waals surface area contributed by atoms with Crippen molar-refractivity contribution in [2.45, 2.75) is 0 Å². The van der Waals surface area contributed by atoms with Gasteiger partial charge in [-0.1, -0.05) is 0 Å². The zero-order chi connectivity index (χ0) is 12.3.